The van der Waals surface area contributed by atoms with Gasteiger partial charge in [-0.1, -0.05) is 15.9 Å². The Labute approximate surface area is 108 Å². The van der Waals surface area contributed by atoms with E-state index in [-0.39, 0.29) is 18.0 Å². The lowest BCUT2D eigenvalue weighted by Crippen LogP contribution is -2.27. The van der Waals surface area contributed by atoms with E-state index < -0.39 is 5.97 Å². The highest BCUT2D eigenvalue weighted by Gasteiger charge is 2.08. The van der Waals surface area contributed by atoms with Crippen LogP contribution in [0.2, 0.25) is 0 Å². The van der Waals surface area contributed by atoms with E-state index >= 15 is 0 Å². The molecule has 92 valence electrons. The zero-order valence-corrected chi connectivity index (χ0v) is 11.1. The van der Waals surface area contributed by atoms with Crippen LogP contribution in [0.5, 0.6) is 0 Å². The van der Waals surface area contributed by atoms with Gasteiger partial charge in [0, 0.05) is 10.2 Å². The van der Waals surface area contributed by atoms with Crippen LogP contribution in [-0.2, 0) is 4.79 Å². The summed E-state index contributed by atoms with van der Waals surface area (Å²) in [6.45, 7) is 0.245. The molecule has 17 heavy (non-hydrogen) atoms. The number of carbonyl (C=O) groups is 2. The average molecular weight is 301 g/mol. The summed E-state index contributed by atoms with van der Waals surface area (Å²) in [5.74, 6) is -1.22. The zero-order valence-electron chi connectivity index (χ0n) is 9.53. The third-order valence-electron chi connectivity index (χ3n) is 1.89. The number of carboxylic acids is 1. The first-order valence-corrected chi connectivity index (χ1v) is 5.66. The molecule has 1 amide bonds. The van der Waals surface area contributed by atoms with E-state index in [1.807, 2.05) is 0 Å². The van der Waals surface area contributed by atoms with Crippen LogP contribution in [0, 0.1) is 0 Å². The molecule has 1 aromatic rings. The van der Waals surface area contributed by atoms with Crippen LogP contribution >= 0.6 is 15.9 Å². The number of hydrogen-bond acceptors (Lipinski definition) is 3. The molecule has 0 aliphatic carbocycles. The van der Waals surface area contributed by atoms with Gasteiger partial charge in [-0.25, -0.2) is 4.79 Å². The van der Waals surface area contributed by atoms with Crippen molar-refractivity contribution in [3.8, 4) is 0 Å². The zero-order chi connectivity index (χ0) is 13.0. The van der Waals surface area contributed by atoms with E-state index in [4.69, 9.17) is 5.11 Å². The van der Waals surface area contributed by atoms with E-state index in [2.05, 4.69) is 21.2 Å². The topological polar surface area (TPSA) is 69.6 Å². The van der Waals surface area contributed by atoms with E-state index in [1.54, 1.807) is 25.1 Å². The van der Waals surface area contributed by atoms with Gasteiger partial charge >= 0.3 is 5.97 Å². The fraction of sp³-hybridized carbons (Fsp3) is 0.273. The number of amides is 1. The minimum atomic E-state index is -1.03. The lowest BCUT2D eigenvalue weighted by molar-refractivity contribution is -0.116. The minimum absolute atomic E-state index is 0.125. The van der Waals surface area contributed by atoms with Gasteiger partial charge in [0.2, 0.25) is 5.91 Å². The molecule has 0 saturated carbocycles. The molecular weight excluding hydrogens is 288 g/mol. The first-order chi connectivity index (χ1) is 7.88. The van der Waals surface area contributed by atoms with Crippen LogP contribution in [0.3, 0.4) is 0 Å². The van der Waals surface area contributed by atoms with Crippen LogP contribution in [-0.4, -0.2) is 42.5 Å². The maximum atomic E-state index is 11.5. The molecule has 0 fully saturated rings. The molecule has 5 nitrogen and oxygen atoms in total. The quantitative estimate of drug-likeness (QED) is 0.887. The number of anilines is 1. The summed E-state index contributed by atoms with van der Waals surface area (Å²) in [6.07, 6.45) is 0. The molecule has 6 heteroatoms. The van der Waals surface area contributed by atoms with Crippen LogP contribution < -0.4 is 5.32 Å². The average Bonchev–Trinajstić information content (AvgIpc) is 2.14. The van der Waals surface area contributed by atoms with Gasteiger partial charge in [-0.15, -0.1) is 0 Å². The van der Waals surface area contributed by atoms with E-state index in [0.29, 0.717) is 10.2 Å². The van der Waals surface area contributed by atoms with Crippen LogP contribution in [0.4, 0.5) is 5.69 Å². The van der Waals surface area contributed by atoms with Crippen molar-refractivity contribution < 1.29 is 14.7 Å². The molecule has 0 aromatic heterocycles. The van der Waals surface area contributed by atoms with Crippen molar-refractivity contribution >= 4 is 33.5 Å². The second kappa shape index (κ2) is 5.79. The smallest absolute Gasteiger partial charge is 0.335 e. The van der Waals surface area contributed by atoms with Crippen LogP contribution in [0.15, 0.2) is 22.7 Å². The van der Waals surface area contributed by atoms with Crippen molar-refractivity contribution in [1.82, 2.24) is 4.90 Å². The van der Waals surface area contributed by atoms with Crippen molar-refractivity contribution in [2.24, 2.45) is 0 Å². The maximum Gasteiger partial charge on any atom is 0.335 e. The molecule has 0 saturated heterocycles. The van der Waals surface area contributed by atoms with E-state index in [9.17, 15) is 9.59 Å². The Kier molecular flexibility index (Phi) is 4.65. The van der Waals surface area contributed by atoms with Crippen molar-refractivity contribution in [2.45, 2.75) is 0 Å². The van der Waals surface area contributed by atoms with Gasteiger partial charge in [-0.2, -0.15) is 0 Å². The summed E-state index contributed by atoms with van der Waals surface area (Å²) in [4.78, 5) is 24.1. The van der Waals surface area contributed by atoms with Gasteiger partial charge in [0.1, 0.15) is 0 Å². The number of nitrogens with zero attached hydrogens (tertiary/aromatic N) is 1. The molecule has 0 spiro atoms. The summed E-state index contributed by atoms with van der Waals surface area (Å²) in [5.41, 5.74) is 0.586. The van der Waals surface area contributed by atoms with Crippen molar-refractivity contribution in [3.05, 3.63) is 28.2 Å². The Morgan fingerprint density at radius 3 is 2.53 bits per heavy atom. The minimum Gasteiger partial charge on any atom is -0.478 e. The Hall–Kier alpha value is -1.40. The Morgan fingerprint density at radius 1 is 1.35 bits per heavy atom. The fourth-order valence-electron chi connectivity index (χ4n) is 1.27. The van der Waals surface area contributed by atoms with Crippen molar-refractivity contribution in [2.75, 3.05) is 26.0 Å². The predicted molar refractivity (Wildman–Crippen MR) is 68.3 cm³/mol. The monoisotopic (exact) mass is 300 g/mol. The van der Waals surface area contributed by atoms with Gasteiger partial charge in [-0.05, 0) is 32.3 Å². The number of carboxylic acid groups (broad SMARTS) is 1. The second-order valence-corrected chi connectivity index (χ2v) is 4.74. The van der Waals surface area contributed by atoms with E-state index in [0.717, 1.165) is 0 Å². The molecule has 0 heterocycles. The SMILES string of the molecule is CN(C)CC(=O)Nc1cc(Br)cc(C(=O)O)c1. The summed E-state index contributed by atoms with van der Waals surface area (Å²) in [6, 6.07) is 4.55. The highest BCUT2D eigenvalue weighted by atomic mass is 79.9. The third-order valence-corrected chi connectivity index (χ3v) is 2.35. The Balaban J connectivity index is 2.84. The number of rotatable bonds is 4. The second-order valence-electron chi connectivity index (χ2n) is 3.82. The number of halogens is 1. The third kappa shape index (κ3) is 4.54. The molecule has 1 rings (SSSR count). The summed E-state index contributed by atoms with van der Waals surface area (Å²) < 4.78 is 0.609. The van der Waals surface area contributed by atoms with Gasteiger partial charge in [0.05, 0.1) is 12.1 Å². The van der Waals surface area contributed by atoms with Gasteiger partial charge < -0.3 is 15.3 Å². The molecule has 0 aliphatic heterocycles. The standard InChI is InChI=1S/C11H13BrN2O3/c1-14(2)6-10(15)13-9-4-7(11(16)17)3-8(12)5-9/h3-5H,6H2,1-2H3,(H,13,15)(H,16,17). The molecular formula is C11H13BrN2O3. The van der Waals surface area contributed by atoms with Gasteiger partial charge in [-0.3, -0.25) is 4.79 Å². The predicted octanol–water partition coefficient (Wildman–Crippen LogP) is 1.65. The molecule has 0 unspecified atom stereocenters. The Bertz CT molecular complexity index is 446. The number of carbonyl (C=O) groups excluding carboxylic acids is 1. The first kappa shape index (κ1) is 13.7. The highest BCUT2D eigenvalue weighted by molar-refractivity contribution is 9.10. The molecule has 0 radical (unpaired) electrons. The summed E-state index contributed by atoms with van der Waals surface area (Å²) >= 11 is 3.20. The molecule has 2 N–H and O–H groups in total. The van der Waals surface area contributed by atoms with Crippen LogP contribution in [0.25, 0.3) is 0 Å². The number of aromatic carboxylic acids is 1. The molecule has 1 aromatic carbocycles. The number of nitrogens with one attached hydrogen (secondary N) is 1. The number of benzene rings is 1. The lowest BCUT2D eigenvalue weighted by Gasteiger charge is -2.10. The van der Waals surface area contributed by atoms with E-state index in [1.165, 1.54) is 12.1 Å². The molecule has 0 atom stereocenters. The van der Waals surface area contributed by atoms with Crippen LogP contribution in [0.1, 0.15) is 10.4 Å². The number of likely N-dealkylation sites (N-methyl/N-ethyl adjacent to an activating group) is 1. The van der Waals surface area contributed by atoms with Gasteiger partial charge in [0.15, 0.2) is 0 Å². The summed E-state index contributed by atoms with van der Waals surface area (Å²) in [7, 11) is 3.56. The lowest BCUT2D eigenvalue weighted by atomic mass is 10.2. The first-order valence-electron chi connectivity index (χ1n) is 4.87. The van der Waals surface area contributed by atoms with Crippen molar-refractivity contribution in [1.29, 1.82) is 0 Å². The molecule has 0 aliphatic rings. The highest BCUT2D eigenvalue weighted by Crippen LogP contribution is 2.19. The largest absolute Gasteiger partial charge is 0.478 e. The Morgan fingerprint density at radius 2 is 2.00 bits per heavy atom. The summed E-state index contributed by atoms with van der Waals surface area (Å²) in [5, 5.41) is 11.5. The van der Waals surface area contributed by atoms with Gasteiger partial charge in [0.25, 0.3) is 0 Å². The maximum absolute atomic E-state index is 11.5. The normalized spacial score (nSPS) is 10.4. The molecule has 0 bridgehead atoms. The van der Waals surface area contributed by atoms with Crippen molar-refractivity contribution in [3.63, 3.8) is 0 Å². The fourth-order valence-corrected chi connectivity index (χ4v) is 1.77. The number of hydrogen-bond donors (Lipinski definition) is 2.